The van der Waals surface area contributed by atoms with Gasteiger partial charge in [0.1, 0.15) is 0 Å². The average molecular weight is 316 g/mol. The van der Waals surface area contributed by atoms with E-state index in [1.54, 1.807) is 0 Å². The second-order valence-corrected chi connectivity index (χ2v) is 7.54. The van der Waals surface area contributed by atoms with E-state index in [1.807, 2.05) is 17.7 Å². The Kier molecular flexibility index (Phi) is 4.28. The summed E-state index contributed by atoms with van der Waals surface area (Å²) in [6.45, 7) is 6.94. The predicted molar refractivity (Wildman–Crippen MR) is 90.0 cm³/mol. The Morgan fingerprint density at radius 2 is 1.91 bits per heavy atom. The fraction of sp³-hybridized carbons (Fsp3) is 0.588. The number of imidazole rings is 1. The molecule has 0 aromatic carbocycles. The largest absolute Gasteiger partial charge is 0.330 e. The van der Waals surface area contributed by atoms with Gasteiger partial charge >= 0.3 is 0 Å². The molecule has 3 heterocycles. The highest BCUT2D eigenvalue weighted by Gasteiger charge is 2.26. The lowest BCUT2D eigenvalue weighted by atomic mass is 10.3. The maximum Gasteiger partial charge on any atom is 0.0951 e. The third-order valence-electron chi connectivity index (χ3n) is 4.71. The minimum absolute atomic E-state index is 0.736. The second-order valence-electron chi connectivity index (χ2n) is 6.51. The molecule has 22 heavy (non-hydrogen) atoms. The Hall–Kier alpha value is -1.17. The zero-order valence-electron chi connectivity index (χ0n) is 13.0. The maximum absolute atomic E-state index is 4.36. The van der Waals surface area contributed by atoms with Crippen molar-refractivity contribution >= 4 is 11.3 Å². The first-order valence-corrected chi connectivity index (χ1v) is 9.24. The van der Waals surface area contributed by atoms with Gasteiger partial charge in [0, 0.05) is 43.3 Å². The van der Waals surface area contributed by atoms with Crippen LogP contribution in [0.4, 0.5) is 0 Å². The average Bonchev–Trinajstić information content (AvgIpc) is 3.12. The van der Waals surface area contributed by atoms with Gasteiger partial charge in [-0.3, -0.25) is 9.80 Å². The van der Waals surface area contributed by atoms with E-state index in [0.717, 1.165) is 19.1 Å². The van der Waals surface area contributed by atoms with Crippen molar-refractivity contribution < 1.29 is 0 Å². The van der Waals surface area contributed by atoms with Gasteiger partial charge in [-0.05, 0) is 43.8 Å². The van der Waals surface area contributed by atoms with Crippen LogP contribution in [-0.2, 0) is 13.1 Å². The Bertz CT molecular complexity index is 588. The molecule has 2 aliphatic rings. The van der Waals surface area contributed by atoms with Crippen molar-refractivity contribution in [2.45, 2.75) is 38.4 Å². The molecule has 0 bridgehead atoms. The molecule has 0 unspecified atom stereocenters. The second kappa shape index (κ2) is 6.52. The summed E-state index contributed by atoms with van der Waals surface area (Å²) >= 11 is 1.87. The first kappa shape index (κ1) is 14.4. The molecule has 2 fully saturated rings. The van der Waals surface area contributed by atoms with Gasteiger partial charge in [-0.2, -0.15) is 0 Å². The van der Waals surface area contributed by atoms with E-state index in [2.05, 4.69) is 43.1 Å². The Labute approximate surface area is 136 Å². The predicted octanol–water partition coefficient (Wildman–Crippen LogP) is 2.99. The topological polar surface area (TPSA) is 24.3 Å². The fourth-order valence-electron chi connectivity index (χ4n) is 3.33. The van der Waals surface area contributed by atoms with E-state index in [0.29, 0.717) is 0 Å². The van der Waals surface area contributed by atoms with Crippen LogP contribution in [0.2, 0.25) is 0 Å². The van der Waals surface area contributed by atoms with Crippen molar-refractivity contribution in [1.82, 2.24) is 19.4 Å². The van der Waals surface area contributed by atoms with E-state index >= 15 is 0 Å². The summed E-state index contributed by atoms with van der Waals surface area (Å²) in [6.07, 6.45) is 8.01. The summed E-state index contributed by atoms with van der Waals surface area (Å²) in [5.74, 6) is 0. The minimum Gasteiger partial charge on any atom is -0.330 e. The molecule has 2 aromatic rings. The Balaban J connectivity index is 1.33. The van der Waals surface area contributed by atoms with E-state index < -0.39 is 0 Å². The number of nitrogens with zero attached hydrogens (tertiary/aromatic N) is 4. The number of rotatable bonds is 5. The lowest BCUT2D eigenvalue weighted by Gasteiger charge is -2.21. The number of hydrogen-bond donors (Lipinski definition) is 0. The summed E-state index contributed by atoms with van der Waals surface area (Å²) in [6, 6.07) is 5.14. The van der Waals surface area contributed by atoms with Crippen LogP contribution < -0.4 is 0 Å². The Morgan fingerprint density at radius 3 is 2.64 bits per heavy atom. The molecule has 4 nitrogen and oxygen atoms in total. The molecule has 4 rings (SSSR count). The highest BCUT2D eigenvalue weighted by Crippen LogP contribution is 2.35. The smallest absolute Gasteiger partial charge is 0.0951 e. The van der Waals surface area contributed by atoms with Crippen LogP contribution in [0.5, 0.6) is 0 Å². The van der Waals surface area contributed by atoms with Crippen molar-refractivity contribution in [1.29, 1.82) is 0 Å². The van der Waals surface area contributed by atoms with Crippen molar-refractivity contribution in [3.05, 3.63) is 40.6 Å². The molecule has 5 heteroatoms. The molecular weight excluding hydrogens is 292 g/mol. The number of aromatic nitrogens is 2. The van der Waals surface area contributed by atoms with Crippen LogP contribution in [-0.4, -0.2) is 45.5 Å². The highest BCUT2D eigenvalue weighted by atomic mass is 32.1. The van der Waals surface area contributed by atoms with Gasteiger partial charge in [0.05, 0.1) is 12.0 Å². The van der Waals surface area contributed by atoms with Crippen LogP contribution in [0, 0.1) is 0 Å². The summed E-state index contributed by atoms with van der Waals surface area (Å²) in [5, 5.41) is 2.18. The van der Waals surface area contributed by atoms with Crippen LogP contribution >= 0.6 is 11.3 Å². The molecule has 1 saturated heterocycles. The molecule has 1 saturated carbocycles. The van der Waals surface area contributed by atoms with Gasteiger partial charge in [-0.1, -0.05) is 6.07 Å². The van der Waals surface area contributed by atoms with Gasteiger partial charge < -0.3 is 4.57 Å². The van der Waals surface area contributed by atoms with Crippen LogP contribution in [0.15, 0.2) is 30.0 Å². The molecule has 2 aromatic heterocycles. The SMILES string of the molecule is c1csc(CN2CCCN(Cc3cncn3C3CC3)CC2)c1. The van der Waals surface area contributed by atoms with E-state index in [9.17, 15) is 0 Å². The summed E-state index contributed by atoms with van der Waals surface area (Å²) in [7, 11) is 0. The molecule has 1 aliphatic carbocycles. The highest BCUT2D eigenvalue weighted by molar-refractivity contribution is 7.09. The molecular formula is C17H24N4S. The Morgan fingerprint density at radius 1 is 1.09 bits per heavy atom. The summed E-state index contributed by atoms with van der Waals surface area (Å²) < 4.78 is 2.40. The van der Waals surface area contributed by atoms with E-state index in [-0.39, 0.29) is 0 Å². The maximum atomic E-state index is 4.36. The van der Waals surface area contributed by atoms with Gasteiger partial charge in [-0.15, -0.1) is 11.3 Å². The molecule has 0 spiro atoms. The third-order valence-corrected chi connectivity index (χ3v) is 5.57. The first-order valence-electron chi connectivity index (χ1n) is 8.36. The molecule has 118 valence electrons. The molecule has 0 amide bonds. The lowest BCUT2D eigenvalue weighted by Crippen LogP contribution is -2.30. The quantitative estimate of drug-likeness (QED) is 0.847. The zero-order chi connectivity index (χ0) is 14.8. The van der Waals surface area contributed by atoms with E-state index in [4.69, 9.17) is 0 Å². The monoisotopic (exact) mass is 316 g/mol. The number of hydrogen-bond acceptors (Lipinski definition) is 4. The number of thiophene rings is 1. The van der Waals surface area contributed by atoms with Gasteiger partial charge in [-0.25, -0.2) is 4.98 Å². The fourth-order valence-corrected chi connectivity index (χ4v) is 4.07. The van der Waals surface area contributed by atoms with Crippen LogP contribution in [0.3, 0.4) is 0 Å². The summed E-state index contributed by atoms with van der Waals surface area (Å²) in [5.41, 5.74) is 1.40. The van der Waals surface area contributed by atoms with Crippen molar-refractivity contribution in [2.75, 3.05) is 26.2 Å². The molecule has 0 radical (unpaired) electrons. The van der Waals surface area contributed by atoms with Gasteiger partial charge in [0.25, 0.3) is 0 Å². The zero-order valence-corrected chi connectivity index (χ0v) is 13.8. The molecule has 0 atom stereocenters. The standard InChI is InChI=1S/C17H24N4S/c1-3-17(22-10-1)13-20-7-2-6-19(8-9-20)12-16-11-18-14-21(16)15-4-5-15/h1,3,10-11,14-15H,2,4-9,12-13H2. The van der Waals surface area contributed by atoms with E-state index in [1.165, 1.54) is 56.0 Å². The van der Waals surface area contributed by atoms with Crippen LogP contribution in [0.25, 0.3) is 0 Å². The summed E-state index contributed by atoms with van der Waals surface area (Å²) in [4.78, 5) is 11.1. The molecule has 0 N–H and O–H groups in total. The van der Waals surface area contributed by atoms with Gasteiger partial charge in [0.15, 0.2) is 0 Å². The van der Waals surface area contributed by atoms with Crippen molar-refractivity contribution in [3.63, 3.8) is 0 Å². The van der Waals surface area contributed by atoms with Gasteiger partial charge in [0.2, 0.25) is 0 Å². The molecule has 1 aliphatic heterocycles. The normalized spacial score (nSPS) is 21.1. The minimum atomic E-state index is 0.736. The third kappa shape index (κ3) is 3.42. The van der Waals surface area contributed by atoms with Crippen LogP contribution in [0.1, 0.15) is 35.9 Å². The van der Waals surface area contributed by atoms with Crippen molar-refractivity contribution in [2.24, 2.45) is 0 Å². The lowest BCUT2D eigenvalue weighted by molar-refractivity contribution is 0.244. The first-order chi connectivity index (χ1) is 10.9. The van der Waals surface area contributed by atoms with Crippen molar-refractivity contribution in [3.8, 4) is 0 Å².